The molecule has 218 valence electrons. The number of nitrogens with one attached hydrogen (secondary N) is 1. The van der Waals surface area contributed by atoms with E-state index in [9.17, 15) is 26.4 Å². The lowest BCUT2D eigenvalue weighted by atomic mass is 9.81. The zero-order chi connectivity index (χ0) is 29.3. The van der Waals surface area contributed by atoms with Gasteiger partial charge in [0.05, 0.1) is 21.9 Å². The highest BCUT2D eigenvalue weighted by Gasteiger charge is 2.41. The van der Waals surface area contributed by atoms with E-state index in [1.165, 1.54) is 30.4 Å². The molecule has 0 unspecified atom stereocenters. The third kappa shape index (κ3) is 6.89. The molecule has 2 heterocycles. The second kappa shape index (κ2) is 11.6. The number of benzene rings is 1. The molecular formula is C26H31F3N4O5S2. The van der Waals surface area contributed by atoms with Crippen molar-refractivity contribution in [3.8, 4) is 21.3 Å². The van der Waals surface area contributed by atoms with Gasteiger partial charge < -0.3 is 9.15 Å². The number of halogens is 3. The second-order valence-corrected chi connectivity index (χ2v) is 13.3. The zero-order valence-electron chi connectivity index (χ0n) is 22.5. The Hall–Kier alpha value is -2.84. The van der Waals surface area contributed by atoms with Gasteiger partial charge in [-0.05, 0) is 62.8 Å². The summed E-state index contributed by atoms with van der Waals surface area (Å²) in [6.45, 7) is 6.78. The molecule has 0 bridgehead atoms. The SMILES string of the molecule is CC[C@H](NS(=O)(=O)c1ccc(-c2sc(-c3nnc(CC(C)(C)OC=O)o3)nc2CC2CCC2)c(C)c1)C(F)(F)F. The summed E-state index contributed by atoms with van der Waals surface area (Å²) in [6.07, 6.45) is -0.867. The highest BCUT2D eigenvalue weighted by molar-refractivity contribution is 7.89. The number of hydrogen-bond acceptors (Lipinski definition) is 9. The summed E-state index contributed by atoms with van der Waals surface area (Å²) in [5.74, 6) is 0.967. The Labute approximate surface area is 234 Å². The average molecular weight is 601 g/mol. The van der Waals surface area contributed by atoms with E-state index in [2.05, 4.69) is 10.2 Å². The first-order valence-corrected chi connectivity index (χ1v) is 15.2. The van der Waals surface area contributed by atoms with Crippen LogP contribution in [0.15, 0.2) is 27.5 Å². The number of carbonyl (C=O) groups excluding carboxylic acids is 1. The molecule has 0 saturated heterocycles. The fourth-order valence-electron chi connectivity index (χ4n) is 4.40. The number of aryl methyl sites for hydroxylation is 1. The Morgan fingerprint density at radius 2 is 1.98 bits per heavy atom. The van der Waals surface area contributed by atoms with Crippen molar-refractivity contribution in [3.63, 3.8) is 0 Å². The monoisotopic (exact) mass is 600 g/mol. The van der Waals surface area contributed by atoms with Gasteiger partial charge in [-0.3, -0.25) is 4.79 Å². The fourth-order valence-corrected chi connectivity index (χ4v) is 6.90. The molecule has 0 aliphatic heterocycles. The van der Waals surface area contributed by atoms with Crippen LogP contribution in [0.3, 0.4) is 0 Å². The minimum Gasteiger partial charge on any atom is -0.461 e. The molecule has 1 fully saturated rings. The second-order valence-electron chi connectivity index (χ2n) is 10.5. The molecule has 40 heavy (non-hydrogen) atoms. The summed E-state index contributed by atoms with van der Waals surface area (Å²) in [7, 11) is -4.40. The van der Waals surface area contributed by atoms with Gasteiger partial charge in [-0.25, -0.2) is 13.4 Å². The Balaban J connectivity index is 1.66. The van der Waals surface area contributed by atoms with Gasteiger partial charge in [0, 0.05) is 0 Å². The number of rotatable bonds is 12. The predicted molar refractivity (Wildman–Crippen MR) is 142 cm³/mol. The van der Waals surface area contributed by atoms with Crippen LogP contribution in [0.4, 0.5) is 13.2 Å². The molecule has 0 radical (unpaired) electrons. The summed E-state index contributed by atoms with van der Waals surface area (Å²) >= 11 is 1.32. The van der Waals surface area contributed by atoms with Gasteiger partial charge in [0.15, 0.2) is 5.01 Å². The van der Waals surface area contributed by atoms with Gasteiger partial charge >= 0.3 is 6.18 Å². The van der Waals surface area contributed by atoms with E-state index < -0.39 is 34.3 Å². The number of hydrogen-bond donors (Lipinski definition) is 1. The van der Waals surface area contributed by atoms with Gasteiger partial charge in [-0.1, -0.05) is 32.3 Å². The molecule has 1 atom stereocenters. The summed E-state index contributed by atoms with van der Waals surface area (Å²) in [5.41, 5.74) is 1.28. The largest absolute Gasteiger partial charge is 0.461 e. The molecular weight excluding hydrogens is 569 g/mol. The Morgan fingerprint density at radius 3 is 2.55 bits per heavy atom. The Kier molecular flexibility index (Phi) is 8.71. The highest BCUT2D eigenvalue weighted by Crippen LogP contribution is 2.41. The van der Waals surface area contributed by atoms with Crippen LogP contribution in [-0.4, -0.2) is 47.9 Å². The fraction of sp³-hybridized carbons (Fsp3) is 0.538. The summed E-state index contributed by atoms with van der Waals surface area (Å²) in [6, 6.07) is 2.09. The first-order valence-electron chi connectivity index (χ1n) is 12.9. The minimum atomic E-state index is -4.70. The van der Waals surface area contributed by atoms with Crippen LogP contribution in [0.1, 0.15) is 63.6 Å². The smallest absolute Gasteiger partial charge is 0.404 e. The molecule has 0 spiro atoms. The van der Waals surface area contributed by atoms with E-state index in [-0.39, 0.29) is 23.1 Å². The van der Waals surface area contributed by atoms with Crippen LogP contribution in [-0.2, 0) is 32.4 Å². The lowest BCUT2D eigenvalue weighted by Crippen LogP contribution is -2.44. The Bertz CT molecular complexity index is 1460. The van der Waals surface area contributed by atoms with Crippen molar-refractivity contribution in [3.05, 3.63) is 35.3 Å². The molecule has 1 saturated carbocycles. The number of alkyl halides is 3. The molecule has 9 nitrogen and oxygen atoms in total. The van der Waals surface area contributed by atoms with Crippen molar-refractivity contribution in [1.29, 1.82) is 0 Å². The highest BCUT2D eigenvalue weighted by atomic mass is 32.2. The number of thiazole rings is 1. The van der Waals surface area contributed by atoms with Crippen LogP contribution < -0.4 is 4.72 Å². The van der Waals surface area contributed by atoms with Crippen LogP contribution in [0, 0.1) is 12.8 Å². The summed E-state index contributed by atoms with van der Waals surface area (Å²) in [5, 5.41) is 8.68. The number of nitrogens with zero attached hydrogens (tertiary/aromatic N) is 3. The van der Waals surface area contributed by atoms with Crippen molar-refractivity contribution >= 4 is 27.8 Å². The topological polar surface area (TPSA) is 124 Å². The zero-order valence-corrected chi connectivity index (χ0v) is 24.2. The molecule has 0 amide bonds. The maximum atomic E-state index is 13.2. The van der Waals surface area contributed by atoms with E-state index in [1.807, 2.05) is 0 Å². The van der Waals surface area contributed by atoms with Crippen molar-refractivity contribution in [1.82, 2.24) is 19.9 Å². The first kappa shape index (κ1) is 30.1. The number of ether oxygens (including phenoxy) is 1. The molecule has 1 N–H and O–H groups in total. The van der Waals surface area contributed by atoms with E-state index in [0.717, 1.165) is 41.8 Å². The predicted octanol–water partition coefficient (Wildman–Crippen LogP) is 5.62. The van der Waals surface area contributed by atoms with Crippen molar-refractivity contribution in [2.24, 2.45) is 5.92 Å². The van der Waals surface area contributed by atoms with E-state index in [4.69, 9.17) is 14.1 Å². The molecule has 1 aliphatic carbocycles. The number of sulfonamides is 1. The molecule has 2 aromatic heterocycles. The van der Waals surface area contributed by atoms with Crippen LogP contribution in [0.2, 0.25) is 0 Å². The maximum absolute atomic E-state index is 13.2. The van der Waals surface area contributed by atoms with Gasteiger partial charge in [-0.2, -0.15) is 17.9 Å². The van der Waals surface area contributed by atoms with E-state index >= 15 is 0 Å². The molecule has 4 rings (SSSR count). The van der Waals surface area contributed by atoms with Gasteiger partial charge in [0.2, 0.25) is 15.9 Å². The quantitative estimate of drug-likeness (QED) is 0.266. The molecule has 14 heteroatoms. The molecule has 1 aliphatic rings. The lowest BCUT2D eigenvalue weighted by Gasteiger charge is -2.24. The number of aromatic nitrogens is 3. The minimum absolute atomic E-state index is 0.210. The summed E-state index contributed by atoms with van der Waals surface area (Å²) in [4.78, 5) is 16.1. The molecule has 3 aromatic rings. The van der Waals surface area contributed by atoms with E-state index in [0.29, 0.717) is 23.0 Å². The normalized spacial score (nSPS) is 15.6. The average Bonchev–Trinajstić information content (AvgIpc) is 3.45. The summed E-state index contributed by atoms with van der Waals surface area (Å²) < 4.78 is 77.8. The van der Waals surface area contributed by atoms with Crippen LogP contribution >= 0.6 is 11.3 Å². The third-order valence-corrected chi connectivity index (χ3v) is 9.44. The molecule has 1 aromatic carbocycles. The lowest BCUT2D eigenvalue weighted by molar-refractivity contribution is -0.151. The van der Waals surface area contributed by atoms with Gasteiger partial charge in [-0.15, -0.1) is 21.5 Å². The first-order chi connectivity index (χ1) is 18.7. The third-order valence-electron chi connectivity index (χ3n) is 6.85. The van der Waals surface area contributed by atoms with Gasteiger partial charge in [0.1, 0.15) is 11.6 Å². The maximum Gasteiger partial charge on any atom is 0.404 e. The standard InChI is InChI=1S/C26H31F3N4O5S2/c1-5-20(26(27,28)29)33-40(35,36)17-9-10-18(15(2)11-17)22-19(12-16-7-6-8-16)30-24(39-22)23-32-31-21(38-23)13-25(3,4)37-14-34/h9-11,14,16,20,33H,5-8,12-13H2,1-4H3/t20-/m0/s1. The van der Waals surface area contributed by atoms with Crippen molar-refractivity contribution in [2.75, 3.05) is 0 Å². The van der Waals surface area contributed by atoms with Crippen molar-refractivity contribution in [2.45, 2.75) is 88.9 Å². The van der Waals surface area contributed by atoms with Crippen molar-refractivity contribution < 1.29 is 35.5 Å². The van der Waals surface area contributed by atoms with Crippen LogP contribution in [0.25, 0.3) is 21.3 Å². The number of carbonyl (C=O) groups is 1. The Morgan fingerprint density at radius 1 is 1.25 bits per heavy atom. The van der Waals surface area contributed by atoms with E-state index in [1.54, 1.807) is 31.6 Å². The van der Waals surface area contributed by atoms with Gasteiger partial charge in [0.25, 0.3) is 12.4 Å². The van der Waals surface area contributed by atoms with Crippen LogP contribution in [0.5, 0.6) is 0 Å².